The number of amides is 1. The molecule has 2 aromatic carbocycles. The van der Waals surface area contributed by atoms with Crippen LogP contribution in [-0.4, -0.2) is 29.8 Å². The van der Waals surface area contributed by atoms with Gasteiger partial charge in [0.2, 0.25) is 5.91 Å². The van der Waals surface area contributed by atoms with E-state index in [1.165, 1.54) is 12.1 Å². The van der Waals surface area contributed by atoms with Gasteiger partial charge in [-0.3, -0.25) is 14.8 Å². The quantitative estimate of drug-likeness (QED) is 0.444. The first-order chi connectivity index (χ1) is 16.8. The number of halogens is 3. The number of nitrogens with two attached hydrogens (primary N) is 1. The fourth-order valence-corrected chi connectivity index (χ4v) is 3.65. The minimum Gasteiger partial charge on any atom is -0.457 e. The SMILES string of the molecule is NCc1ccc(NC(=O)CCc2cccc(Oc3ccnc(C4=NCCN4)c3)c2)cc1C(F)(F)F. The van der Waals surface area contributed by atoms with Crippen LogP contribution >= 0.6 is 0 Å². The van der Waals surface area contributed by atoms with Crippen LogP contribution in [0.3, 0.4) is 0 Å². The summed E-state index contributed by atoms with van der Waals surface area (Å²) in [7, 11) is 0. The molecule has 10 heteroatoms. The fourth-order valence-electron chi connectivity index (χ4n) is 3.65. The molecule has 35 heavy (non-hydrogen) atoms. The molecule has 7 nitrogen and oxygen atoms in total. The summed E-state index contributed by atoms with van der Waals surface area (Å²) < 4.78 is 45.6. The van der Waals surface area contributed by atoms with Crippen molar-refractivity contribution in [3.8, 4) is 11.5 Å². The molecule has 2 heterocycles. The lowest BCUT2D eigenvalue weighted by atomic mass is 10.1. The lowest BCUT2D eigenvalue weighted by molar-refractivity contribution is -0.138. The van der Waals surface area contributed by atoms with E-state index in [0.717, 1.165) is 24.0 Å². The molecule has 0 spiro atoms. The zero-order chi connectivity index (χ0) is 24.8. The van der Waals surface area contributed by atoms with E-state index < -0.39 is 17.6 Å². The van der Waals surface area contributed by atoms with Crippen molar-refractivity contribution < 1.29 is 22.7 Å². The molecule has 0 atom stereocenters. The lowest BCUT2D eigenvalue weighted by Gasteiger charge is -2.14. The Balaban J connectivity index is 1.36. The molecule has 0 radical (unpaired) electrons. The molecule has 1 aliphatic heterocycles. The van der Waals surface area contributed by atoms with Crippen LogP contribution in [0.2, 0.25) is 0 Å². The number of amidine groups is 1. The molecule has 0 aliphatic carbocycles. The molecule has 0 fully saturated rings. The summed E-state index contributed by atoms with van der Waals surface area (Å²) in [5, 5.41) is 5.69. The molecule has 4 N–H and O–H groups in total. The van der Waals surface area contributed by atoms with Crippen LogP contribution in [0, 0.1) is 0 Å². The van der Waals surface area contributed by atoms with Gasteiger partial charge in [0.05, 0.1) is 12.1 Å². The fraction of sp³-hybridized carbons (Fsp3) is 0.240. The minimum absolute atomic E-state index is 0.0267. The van der Waals surface area contributed by atoms with Gasteiger partial charge in [0.1, 0.15) is 23.0 Å². The Morgan fingerprint density at radius 3 is 2.69 bits per heavy atom. The minimum atomic E-state index is -4.55. The van der Waals surface area contributed by atoms with Crippen LogP contribution in [0.4, 0.5) is 18.9 Å². The van der Waals surface area contributed by atoms with E-state index in [1.807, 2.05) is 18.2 Å². The van der Waals surface area contributed by atoms with Gasteiger partial charge in [-0.15, -0.1) is 0 Å². The molecule has 182 valence electrons. The van der Waals surface area contributed by atoms with Gasteiger partial charge in [-0.25, -0.2) is 0 Å². The maximum Gasteiger partial charge on any atom is 0.416 e. The number of ether oxygens (including phenoxy) is 1. The number of rotatable bonds is 8. The third-order valence-electron chi connectivity index (χ3n) is 5.34. The first-order valence-electron chi connectivity index (χ1n) is 11.0. The van der Waals surface area contributed by atoms with Crippen LogP contribution < -0.4 is 21.1 Å². The van der Waals surface area contributed by atoms with Crippen molar-refractivity contribution in [2.75, 3.05) is 18.4 Å². The second-order valence-electron chi connectivity index (χ2n) is 7.91. The molecular weight excluding hydrogens is 459 g/mol. The molecule has 1 aliphatic rings. The number of nitrogens with zero attached hydrogens (tertiary/aromatic N) is 2. The zero-order valence-electron chi connectivity index (χ0n) is 18.7. The number of carbonyl (C=O) groups excluding carboxylic acids is 1. The Labute approximate surface area is 200 Å². The van der Waals surface area contributed by atoms with Gasteiger partial charge in [-0.2, -0.15) is 13.2 Å². The highest BCUT2D eigenvalue weighted by molar-refractivity contribution is 5.98. The van der Waals surface area contributed by atoms with Crippen molar-refractivity contribution >= 4 is 17.4 Å². The van der Waals surface area contributed by atoms with Gasteiger partial charge in [-0.05, 0) is 47.9 Å². The topological polar surface area (TPSA) is 102 Å². The molecule has 1 amide bonds. The summed E-state index contributed by atoms with van der Waals surface area (Å²) in [5.74, 6) is 1.53. The number of pyridine rings is 1. The van der Waals surface area contributed by atoms with Gasteiger partial charge in [0, 0.05) is 37.5 Å². The third-order valence-corrected chi connectivity index (χ3v) is 5.34. The van der Waals surface area contributed by atoms with Crippen molar-refractivity contribution in [3.63, 3.8) is 0 Å². The van der Waals surface area contributed by atoms with Crippen molar-refractivity contribution in [2.24, 2.45) is 10.7 Å². The Morgan fingerprint density at radius 2 is 1.94 bits per heavy atom. The summed E-state index contributed by atoms with van der Waals surface area (Å²) in [5.41, 5.74) is 6.14. The Kier molecular flexibility index (Phi) is 7.31. The Bertz CT molecular complexity index is 1240. The number of alkyl halides is 3. The first kappa shape index (κ1) is 24.2. The van der Waals surface area contributed by atoms with E-state index in [1.54, 1.807) is 24.4 Å². The third kappa shape index (κ3) is 6.36. The number of hydrogen-bond donors (Lipinski definition) is 3. The number of aromatic nitrogens is 1. The van der Waals surface area contributed by atoms with Crippen molar-refractivity contribution in [2.45, 2.75) is 25.6 Å². The number of anilines is 1. The molecule has 0 unspecified atom stereocenters. The predicted molar refractivity (Wildman–Crippen MR) is 126 cm³/mol. The van der Waals surface area contributed by atoms with Gasteiger partial charge in [-0.1, -0.05) is 18.2 Å². The zero-order valence-corrected chi connectivity index (χ0v) is 18.7. The standard InChI is InChI=1S/C25H24F3N5O2/c26-25(27,28)21-13-18(6-5-17(21)15-29)33-23(34)7-4-16-2-1-3-19(12-16)35-20-8-9-30-22(14-20)24-31-10-11-32-24/h1-3,5-6,8-9,12-14H,4,7,10-11,15,29H2,(H,31,32)(H,33,34). The summed E-state index contributed by atoms with van der Waals surface area (Å²) in [4.78, 5) is 21.0. The summed E-state index contributed by atoms with van der Waals surface area (Å²) in [6.07, 6.45) is -2.43. The average molecular weight is 483 g/mol. The normalized spacial score (nSPS) is 13.2. The largest absolute Gasteiger partial charge is 0.457 e. The van der Waals surface area contributed by atoms with Gasteiger partial charge >= 0.3 is 6.18 Å². The number of carbonyl (C=O) groups is 1. The van der Waals surface area contributed by atoms with Gasteiger partial charge < -0.3 is 21.1 Å². The van der Waals surface area contributed by atoms with Crippen molar-refractivity contribution in [1.82, 2.24) is 10.3 Å². The number of hydrogen-bond acceptors (Lipinski definition) is 6. The van der Waals surface area contributed by atoms with Crippen LogP contribution in [0.25, 0.3) is 0 Å². The second kappa shape index (κ2) is 10.6. The summed E-state index contributed by atoms with van der Waals surface area (Å²) >= 11 is 0. The van der Waals surface area contributed by atoms with Crippen molar-refractivity contribution in [1.29, 1.82) is 0 Å². The molecule has 1 aromatic heterocycles. The molecular formula is C25H24F3N5O2. The summed E-state index contributed by atoms with van der Waals surface area (Å²) in [6, 6.07) is 14.4. The van der Waals surface area contributed by atoms with E-state index in [2.05, 4.69) is 20.6 Å². The van der Waals surface area contributed by atoms with E-state index in [0.29, 0.717) is 30.2 Å². The number of aliphatic imine (C=N–C) groups is 1. The van der Waals surface area contributed by atoms with Gasteiger partial charge in [0.15, 0.2) is 0 Å². The molecule has 0 saturated carbocycles. The van der Waals surface area contributed by atoms with E-state index in [-0.39, 0.29) is 24.2 Å². The number of benzene rings is 2. The van der Waals surface area contributed by atoms with Crippen molar-refractivity contribution in [3.05, 3.63) is 83.2 Å². The number of aryl methyl sites for hydroxylation is 1. The van der Waals surface area contributed by atoms with E-state index in [4.69, 9.17) is 10.5 Å². The highest BCUT2D eigenvalue weighted by atomic mass is 19.4. The smallest absolute Gasteiger partial charge is 0.416 e. The average Bonchev–Trinajstić information content (AvgIpc) is 3.38. The monoisotopic (exact) mass is 483 g/mol. The van der Waals surface area contributed by atoms with E-state index >= 15 is 0 Å². The first-order valence-corrected chi connectivity index (χ1v) is 11.0. The van der Waals surface area contributed by atoms with Crippen LogP contribution in [-0.2, 0) is 23.9 Å². The lowest BCUT2D eigenvalue weighted by Crippen LogP contribution is -2.20. The predicted octanol–water partition coefficient (Wildman–Crippen LogP) is 4.27. The molecule has 3 aromatic rings. The Hall–Kier alpha value is -3.92. The summed E-state index contributed by atoms with van der Waals surface area (Å²) in [6.45, 7) is 1.24. The van der Waals surface area contributed by atoms with Gasteiger partial charge in [0.25, 0.3) is 0 Å². The molecule has 4 rings (SSSR count). The highest BCUT2D eigenvalue weighted by Gasteiger charge is 2.33. The second-order valence-corrected chi connectivity index (χ2v) is 7.91. The molecule has 0 bridgehead atoms. The maximum atomic E-state index is 13.2. The number of nitrogens with one attached hydrogen (secondary N) is 2. The maximum absolute atomic E-state index is 13.2. The van der Waals surface area contributed by atoms with Crippen LogP contribution in [0.15, 0.2) is 65.8 Å². The van der Waals surface area contributed by atoms with Crippen LogP contribution in [0.1, 0.15) is 28.8 Å². The van der Waals surface area contributed by atoms with E-state index in [9.17, 15) is 18.0 Å². The highest BCUT2D eigenvalue weighted by Crippen LogP contribution is 2.33. The Morgan fingerprint density at radius 1 is 1.11 bits per heavy atom. The molecule has 0 saturated heterocycles. The van der Waals surface area contributed by atoms with Crippen LogP contribution in [0.5, 0.6) is 11.5 Å².